The largest absolute Gasteiger partial charge is 0.0839 e. The predicted octanol–water partition coefficient (Wildman–Crippen LogP) is 3.58. The fraction of sp³-hybridized carbons (Fsp3) is 0.100. The Morgan fingerprint density at radius 2 is 2.09 bits per heavy atom. The summed E-state index contributed by atoms with van der Waals surface area (Å²) in [7, 11) is 0. The van der Waals surface area contributed by atoms with Crippen LogP contribution in [0.5, 0.6) is 0 Å². The fourth-order valence-corrected chi connectivity index (χ4v) is 1.02. The molecular formula is C10H10Cl. The first-order valence-corrected chi connectivity index (χ1v) is 3.92. The van der Waals surface area contributed by atoms with Gasteiger partial charge in [-0.05, 0) is 25.0 Å². The van der Waals surface area contributed by atoms with E-state index >= 15 is 0 Å². The van der Waals surface area contributed by atoms with Gasteiger partial charge in [0.1, 0.15) is 0 Å². The molecule has 1 heteroatoms. The van der Waals surface area contributed by atoms with Crippen LogP contribution in [0.15, 0.2) is 30.3 Å². The summed E-state index contributed by atoms with van der Waals surface area (Å²) in [4.78, 5) is 0. The highest BCUT2D eigenvalue weighted by molar-refractivity contribution is 6.32. The van der Waals surface area contributed by atoms with Gasteiger partial charge < -0.3 is 0 Å². The van der Waals surface area contributed by atoms with Crippen LogP contribution in [0, 0.1) is 6.92 Å². The number of allylic oxidation sites excluding steroid dienone is 1. The van der Waals surface area contributed by atoms with Gasteiger partial charge in [-0.25, -0.2) is 0 Å². The van der Waals surface area contributed by atoms with E-state index in [0.29, 0.717) is 0 Å². The molecule has 0 fully saturated rings. The Bertz CT molecular complexity index is 251. The first-order valence-electron chi connectivity index (χ1n) is 3.55. The maximum atomic E-state index is 5.89. The molecule has 0 aliphatic heterocycles. The zero-order valence-electron chi connectivity index (χ0n) is 6.26. The number of rotatable bonds is 2. The summed E-state index contributed by atoms with van der Waals surface area (Å²) in [5.41, 5.74) is 1.05. The zero-order valence-corrected chi connectivity index (χ0v) is 7.01. The van der Waals surface area contributed by atoms with Gasteiger partial charge in [0, 0.05) is 5.02 Å². The smallest absolute Gasteiger partial charge is 0.0478 e. The molecule has 1 aromatic carbocycles. The molecule has 0 aliphatic rings. The van der Waals surface area contributed by atoms with Crippen LogP contribution in [0.4, 0.5) is 0 Å². The molecule has 0 bridgehead atoms. The number of benzene rings is 1. The molecule has 0 atom stereocenters. The minimum Gasteiger partial charge on any atom is -0.0839 e. The van der Waals surface area contributed by atoms with Crippen LogP contribution in [0.1, 0.15) is 12.0 Å². The van der Waals surface area contributed by atoms with Crippen LogP contribution in [0.2, 0.25) is 5.02 Å². The third kappa shape index (κ3) is 2.39. The summed E-state index contributed by atoms with van der Waals surface area (Å²) in [6, 6.07) is 7.75. The Hall–Kier alpha value is -0.750. The van der Waals surface area contributed by atoms with Gasteiger partial charge in [0.2, 0.25) is 0 Å². The van der Waals surface area contributed by atoms with Gasteiger partial charge in [-0.15, -0.1) is 0 Å². The summed E-state index contributed by atoms with van der Waals surface area (Å²) in [6.45, 7) is 3.70. The standard InChI is InChI=1S/C10H10Cl/c1-2-3-6-9-7-4-5-8-10(9)11/h3-8H,1-2H2. The van der Waals surface area contributed by atoms with Gasteiger partial charge in [0.05, 0.1) is 0 Å². The molecular weight excluding hydrogens is 156 g/mol. The van der Waals surface area contributed by atoms with Crippen LogP contribution >= 0.6 is 11.6 Å². The van der Waals surface area contributed by atoms with E-state index in [1.54, 1.807) is 0 Å². The average molecular weight is 166 g/mol. The molecule has 0 spiro atoms. The Morgan fingerprint density at radius 1 is 1.36 bits per heavy atom. The quantitative estimate of drug-likeness (QED) is 0.629. The zero-order chi connectivity index (χ0) is 8.10. The van der Waals surface area contributed by atoms with Gasteiger partial charge in [-0.2, -0.15) is 0 Å². The maximum absolute atomic E-state index is 5.89. The van der Waals surface area contributed by atoms with Crippen LogP contribution in [0.25, 0.3) is 6.08 Å². The number of hydrogen-bond acceptors (Lipinski definition) is 0. The molecule has 0 N–H and O–H groups in total. The van der Waals surface area contributed by atoms with Crippen LogP contribution in [-0.4, -0.2) is 0 Å². The molecule has 0 saturated heterocycles. The Morgan fingerprint density at radius 3 is 2.73 bits per heavy atom. The molecule has 0 unspecified atom stereocenters. The van der Waals surface area contributed by atoms with Crippen molar-refractivity contribution in [2.45, 2.75) is 6.42 Å². The van der Waals surface area contributed by atoms with E-state index < -0.39 is 0 Å². The highest BCUT2D eigenvalue weighted by Gasteiger charge is 1.90. The lowest BCUT2D eigenvalue weighted by Gasteiger charge is -1.94. The molecule has 0 heterocycles. The van der Waals surface area contributed by atoms with Crippen molar-refractivity contribution >= 4 is 17.7 Å². The summed E-state index contributed by atoms with van der Waals surface area (Å²) in [5.74, 6) is 0. The number of halogens is 1. The predicted molar refractivity (Wildman–Crippen MR) is 50.5 cm³/mol. The van der Waals surface area contributed by atoms with Gasteiger partial charge in [-0.1, -0.05) is 42.0 Å². The molecule has 1 aromatic rings. The molecule has 0 amide bonds. The fourth-order valence-electron chi connectivity index (χ4n) is 0.821. The van der Waals surface area contributed by atoms with E-state index in [0.717, 1.165) is 17.0 Å². The summed E-state index contributed by atoms with van der Waals surface area (Å²) < 4.78 is 0. The highest BCUT2D eigenvalue weighted by Crippen LogP contribution is 2.16. The second-order valence-corrected chi connectivity index (χ2v) is 2.62. The molecule has 0 aromatic heterocycles. The van der Waals surface area contributed by atoms with Crippen LogP contribution < -0.4 is 0 Å². The van der Waals surface area contributed by atoms with E-state index in [1.807, 2.05) is 36.4 Å². The molecule has 0 aliphatic carbocycles. The maximum Gasteiger partial charge on any atom is 0.0478 e. The van der Waals surface area contributed by atoms with Gasteiger partial charge in [0.25, 0.3) is 0 Å². The number of hydrogen-bond donors (Lipinski definition) is 0. The van der Waals surface area contributed by atoms with E-state index in [1.165, 1.54) is 0 Å². The van der Waals surface area contributed by atoms with Crippen molar-refractivity contribution < 1.29 is 0 Å². The van der Waals surface area contributed by atoms with Gasteiger partial charge in [-0.3, -0.25) is 0 Å². The van der Waals surface area contributed by atoms with Crippen molar-refractivity contribution in [1.29, 1.82) is 0 Å². The minimum absolute atomic E-state index is 0.789. The van der Waals surface area contributed by atoms with E-state index in [4.69, 9.17) is 11.6 Å². The van der Waals surface area contributed by atoms with E-state index in [9.17, 15) is 0 Å². The molecule has 0 saturated carbocycles. The lowest BCUT2D eigenvalue weighted by atomic mass is 10.2. The molecule has 57 valence electrons. The molecule has 1 radical (unpaired) electrons. The Kier molecular flexibility index (Phi) is 3.18. The van der Waals surface area contributed by atoms with E-state index in [-0.39, 0.29) is 0 Å². The topological polar surface area (TPSA) is 0 Å². The Labute approximate surface area is 72.5 Å². The van der Waals surface area contributed by atoms with Gasteiger partial charge >= 0.3 is 0 Å². The lowest BCUT2D eigenvalue weighted by Crippen LogP contribution is -1.71. The highest BCUT2D eigenvalue weighted by atomic mass is 35.5. The minimum atomic E-state index is 0.789. The van der Waals surface area contributed by atoms with Crippen LogP contribution in [-0.2, 0) is 0 Å². The molecule has 1 rings (SSSR count). The lowest BCUT2D eigenvalue weighted by molar-refractivity contribution is 1.42. The molecule has 11 heavy (non-hydrogen) atoms. The second-order valence-electron chi connectivity index (χ2n) is 2.21. The van der Waals surface area contributed by atoms with Gasteiger partial charge in [0.15, 0.2) is 0 Å². The van der Waals surface area contributed by atoms with E-state index in [2.05, 4.69) is 6.92 Å². The monoisotopic (exact) mass is 165 g/mol. The first-order chi connectivity index (χ1) is 5.34. The third-order valence-corrected chi connectivity index (χ3v) is 1.71. The molecule has 0 nitrogen and oxygen atoms in total. The van der Waals surface area contributed by atoms with Crippen molar-refractivity contribution in [2.24, 2.45) is 0 Å². The van der Waals surface area contributed by atoms with Crippen molar-refractivity contribution in [3.05, 3.63) is 47.9 Å². The normalized spacial score (nSPS) is 10.7. The summed E-state index contributed by atoms with van der Waals surface area (Å²) in [5, 5.41) is 0.789. The summed E-state index contributed by atoms with van der Waals surface area (Å²) in [6.07, 6.45) is 4.77. The van der Waals surface area contributed by atoms with Crippen molar-refractivity contribution in [2.75, 3.05) is 0 Å². The van der Waals surface area contributed by atoms with Crippen molar-refractivity contribution in [1.82, 2.24) is 0 Å². The van der Waals surface area contributed by atoms with Crippen LogP contribution in [0.3, 0.4) is 0 Å². The Balaban J connectivity index is 2.86. The van der Waals surface area contributed by atoms with Crippen molar-refractivity contribution in [3.63, 3.8) is 0 Å². The van der Waals surface area contributed by atoms with Crippen molar-refractivity contribution in [3.8, 4) is 0 Å². The average Bonchev–Trinajstić information content (AvgIpc) is 2.03. The first kappa shape index (κ1) is 8.35. The summed E-state index contributed by atoms with van der Waals surface area (Å²) >= 11 is 5.89. The second kappa shape index (κ2) is 4.20. The third-order valence-electron chi connectivity index (χ3n) is 1.37. The SMILES string of the molecule is [CH2]CC=Cc1ccccc1Cl.